The van der Waals surface area contributed by atoms with Crippen molar-refractivity contribution in [3.8, 4) is 5.75 Å². The largest absolute Gasteiger partial charge is 0.507 e. The van der Waals surface area contributed by atoms with Gasteiger partial charge in [-0.2, -0.15) is 0 Å². The van der Waals surface area contributed by atoms with Crippen LogP contribution in [0.2, 0.25) is 0 Å². The van der Waals surface area contributed by atoms with E-state index in [0.717, 1.165) is 5.56 Å². The van der Waals surface area contributed by atoms with Crippen LogP contribution in [-0.2, 0) is 6.42 Å². The smallest absolute Gasteiger partial charge is 0.267 e. The molecule has 0 aliphatic heterocycles. The molecule has 0 amide bonds. The molecule has 0 bridgehead atoms. The molecule has 14 heavy (non-hydrogen) atoms. The van der Waals surface area contributed by atoms with E-state index < -0.39 is 6.43 Å². The summed E-state index contributed by atoms with van der Waals surface area (Å²) in [6, 6.07) is 2.98. The molecule has 0 aliphatic carbocycles. The van der Waals surface area contributed by atoms with Crippen molar-refractivity contribution >= 4 is 0 Å². The molecule has 0 aliphatic rings. The maximum absolute atomic E-state index is 12.4. The first-order chi connectivity index (χ1) is 6.56. The van der Waals surface area contributed by atoms with Crippen LogP contribution in [0.5, 0.6) is 5.75 Å². The van der Waals surface area contributed by atoms with Crippen molar-refractivity contribution in [1.29, 1.82) is 0 Å². The van der Waals surface area contributed by atoms with Crippen LogP contribution in [0.25, 0.3) is 0 Å². The number of benzene rings is 1. The monoisotopic (exact) mass is 201 g/mol. The lowest BCUT2D eigenvalue weighted by molar-refractivity contribution is 0.147. The number of hydrogen-bond acceptors (Lipinski definition) is 2. The summed E-state index contributed by atoms with van der Waals surface area (Å²) in [4.78, 5) is 0. The summed E-state index contributed by atoms with van der Waals surface area (Å²) >= 11 is 0. The van der Waals surface area contributed by atoms with Gasteiger partial charge in [0.05, 0.1) is 5.56 Å². The second-order valence-corrected chi connectivity index (χ2v) is 3.19. The normalized spacial score (nSPS) is 10.9. The highest BCUT2D eigenvalue weighted by Crippen LogP contribution is 2.32. The molecule has 0 unspecified atom stereocenters. The van der Waals surface area contributed by atoms with Gasteiger partial charge in [-0.3, -0.25) is 0 Å². The lowest BCUT2D eigenvalue weighted by Gasteiger charge is -2.09. The van der Waals surface area contributed by atoms with Crippen molar-refractivity contribution in [3.05, 3.63) is 28.8 Å². The van der Waals surface area contributed by atoms with Crippen LogP contribution < -0.4 is 5.73 Å². The first kappa shape index (κ1) is 10.9. The van der Waals surface area contributed by atoms with Crippen LogP contribution >= 0.6 is 0 Å². The van der Waals surface area contributed by atoms with E-state index in [4.69, 9.17) is 5.73 Å². The summed E-state index contributed by atoms with van der Waals surface area (Å²) in [7, 11) is 0. The van der Waals surface area contributed by atoms with Gasteiger partial charge in [0.25, 0.3) is 6.43 Å². The molecular weight excluding hydrogens is 188 g/mol. The minimum atomic E-state index is -2.65. The molecule has 0 fully saturated rings. The first-order valence-electron chi connectivity index (χ1n) is 4.37. The van der Waals surface area contributed by atoms with Gasteiger partial charge in [-0.05, 0) is 37.1 Å². The molecule has 0 spiro atoms. The zero-order chi connectivity index (χ0) is 10.7. The Morgan fingerprint density at radius 1 is 1.43 bits per heavy atom. The Morgan fingerprint density at radius 3 is 2.57 bits per heavy atom. The van der Waals surface area contributed by atoms with Crippen LogP contribution in [0.15, 0.2) is 12.1 Å². The van der Waals surface area contributed by atoms with Gasteiger partial charge in [0.1, 0.15) is 5.75 Å². The number of nitrogens with two attached hydrogens (primary N) is 1. The van der Waals surface area contributed by atoms with Crippen molar-refractivity contribution in [2.45, 2.75) is 19.8 Å². The molecule has 1 aromatic rings. The second kappa shape index (κ2) is 4.37. The van der Waals surface area contributed by atoms with Crippen molar-refractivity contribution in [2.75, 3.05) is 6.54 Å². The van der Waals surface area contributed by atoms with Gasteiger partial charge >= 0.3 is 0 Å². The zero-order valence-corrected chi connectivity index (χ0v) is 7.93. The van der Waals surface area contributed by atoms with Crippen LogP contribution in [-0.4, -0.2) is 11.7 Å². The lowest BCUT2D eigenvalue weighted by atomic mass is 10.0. The number of halogens is 2. The molecule has 78 valence electrons. The first-order valence-corrected chi connectivity index (χ1v) is 4.37. The Balaban J connectivity index is 3.14. The fourth-order valence-electron chi connectivity index (χ4n) is 1.36. The van der Waals surface area contributed by atoms with Crippen molar-refractivity contribution in [1.82, 2.24) is 0 Å². The van der Waals surface area contributed by atoms with E-state index in [1.807, 2.05) is 0 Å². The minimum absolute atomic E-state index is 0.312. The molecule has 4 heteroatoms. The Morgan fingerprint density at radius 2 is 2.07 bits per heavy atom. The quantitative estimate of drug-likeness (QED) is 0.787. The molecule has 0 aromatic heterocycles. The van der Waals surface area contributed by atoms with E-state index in [-0.39, 0.29) is 11.3 Å². The minimum Gasteiger partial charge on any atom is -0.507 e. The topological polar surface area (TPSA) is 46.2 Å². The molecule has 0 radical (unpaired) electrons. The number of phenolic OH excluding ortho intramolecular Hbond substituents is 1. The maximum Gasteiger partial charge on any atom is 0.267 e. The summed E-state index contributed by atoms with van der Waals surface area (Å²) in [5.41, 5.74) is 6.21. The fraction of sp³-hybridized carbons (Fsp3) is 0.400. The highest BCUT2D eigenvalue weighted by Gasteiger charge is 2.15. The standard InChI is InChI=1S/C10H13F2NO/c1-6-4-7(2-3-13)5-8(9(6)14)10(11)12/h4-5,10,14H,2-3,13H2,1H3. The van der Waals surface area contributed by atoms with Gasteiger partial charge in [0.15, 0.2) is 0 Å². The Bertz CT molecular complexity index is 326. The average molecular weight is 201 g/mol. The number of rotatable bonds is 3. The van der Waals surface area contributed by atoms with Gasteiger partial charge in [-0.25, -0.2) is 8.78 Å². The number of aryl methyl sites for hydroxylation is 1. The second-order valence-electron chi connectivity index (χ2n) is 3.19. The average Bonchev–Trinajstić information content (AvgIpc) is 2.11. The molecule has 0 saturated heterocycles. The van der Waals surface area contributed by atoms with Gasteiger partial charge in [0.2, 0.25) is 0 Å². The number of aromatic hydroxyl groups is 1. The van der Waals surface area contributed by atoms with E-state index in [1.54, 1.807) is 13.0 Å². The SMILES string of the molecule is Cc1cc(CCN)cc(C(F)F)c1O. The van der Waals surface area contributed by atoms with E-state index in [0.29, 0.717) is 18.5 Å². The van der Waals surface area contributed by atoms with Gasteiger partial charge in [-0.15, -0.1) is 0 Å². The highest BCUT2D eigenvalue weighted by molar-refractivity contribution is 5.43. The van der Waals surface area contributed by atoms with E-state index in [2.05, 4.69) is 0 Å². The van der Waals surface area contributed by atoms with Crippen LogP contribution in [0.4, 0.5) is 8.78 Å². The molecule has 3 N–H and O–H groups in total. The fourth-order valence-corrected chi connectivity index (χ4v) is 1.36. The van der Waals surface area contributed by atoms with Crippen molar-refractivity contribution in [3.63, 3.8) is 0 Å². The zero-order valence-electron chi connectivity index (χ0n) is 7.93. The summed E-state index contributed by atoms with van der Waals surface area (Å²) in [6.07, 6.45) is -2.10. The van der Waals surface area contributed by atoms with E-state index in [1.165, 1.54) is 6.07 Å². The van der Waals surface area contributed by atoms with E-state index in [9.17, 15) is 13.9 Å². The van der Waals surface area contributed by atoms with Crippen molar-refractivity contribution in [2.24, 2.45) is 5.73 Å². The van der Waals surface area contributed by atoms with Crippen LogP contribution in [0.1, 0.15) is 23.1 Å². The summed E-state index contributed by atoms with van der Waals surface area (Å²) in [5.74, 6) is -0.319. The van der Waals surface area contributed by atoms with Crippen molar-refractivity contribution < 1.29 is 13.9 Å². The third-order valence-corrected chi connectivity index (χ3v) is 2.06. The number of hydrogen-bond donors (Lipinski definition) is 2. The molecule has 1 rings (SSSR count). The van der Waals surface area contributed by atoms with Gasteiger partial charge in [-0.1, -0.05) is 6.07 Å². The molecule has 1 aromatic carbocycles. The Labute approximate surface area is 81.4 Å². The predicted octanol–water partition coefficient (Wildman–Crippen LogP) is 2.14. The van der Waals surface area contributed by atoms with Crippen LogP contribution in [0, 0.1) is 6.92 Å². The number of alkyl halides is 2. The number of phenols is 1. The predicted molar refractivity (Wildman–Crippen MR) is 50.6 cm³/mol. The molecular formula is C10H13F2NO. The molecule has 0 heterocycles. The highest BCUT2D eigenvalue weighted by atomic mass is 19.3. The third kappa shape index (κ3) is 2.20. The Kier molecular flexibility index (Phi) is 3.41. The van der Waals surface area contributed by atoms with Gasteiger partial charge < -0.3 is 10.8 Å². The maximum atomic E-state index is 12.4. The summed E-state index contributed by atoms with van der Waals surface area (Å²) < 4.78 is 24.9. The summed E-state index contributed by atoms with van der Waals surface area (Å²) in [5, 5.41) is 9.35. The molecule has 2 nitrogen and oxygen atoms in total. The Hall–Kier alpha value is -1.16. The molecule has 0 atom stereocenters. The molecule has 0 saturated carbocycles. The van der Waals surface area contributed by atoms with E-state index >= 15 is 0 Å². The van der Waals surface area contributed by atoms with Gasteiger partial charge in [0, 0.05) is 0 Å². The summed E-state index contributed by atoms with van der Waals surface area (Å²) in [6.45, 7) is 2.01. The lowest BCUT2D eigenvalue weighted by Crippen LogP contribution is -2.03. The van der Waals surface area contributed by atoms with Crippen LogP contribution in [0.3, 0.4) is 0 Å². The third-order valence-electron chi connectivity index (χ3n) is 2.06.